The Hall–Kier alpha value is -1.23. The molecule has 16 heavy (non-hydrogen) atoms. The van der Waals surface area contributed by atoms with Gasteiger partial charge >= 0.3 is 0 Å². The molecule has 2 atom stereocenters. The van der Waals surface area contributed by atoms with Gasteiger partial charge in [-0.15, -0.1) is 5.10 Å². The van der Waals surface area contributed by atoms with Crippen LogP contribution in [0.4, 0.5) is 5.95 Å². The van der Waals surface area contributed by atoms with Gasteiger partial charge in [-0.05, 0) is 39.7 Å². The number of rotatable bonds is 2. The van der Waals surface area contributed by atoms with Gasteiger partial charge in [-0.1, -0.05) is 0 Å². The molecule has 0 amide bonds. The van der Waals surface area contributed by atoms with Crippen molar-refractivity contribution in [3.8, 4) is 0 Å². The molecule has 1 aromatic heterocycles. The maximum atomic E-state index is 5.71. The van der Waals surface area contributed by atoms with Crippen molar-refractivity contribution in [1.29, 1.82) is 0 Å². The molecule has 2 heterocycles. The van der Waals surface area contributed by atoms with Crippen molar-refractivity contribution in [2.45, 2.75) is 33.2 Å². The molecule has 0 spiro atoms. The third kappa shape index (κ3) is 2.00. The molecule has 1 fully saturated rings. The van der Waals surface area contributed by atoms with Crippen LogP contribution >= 0.6 is 0 Å². The van der Waals surface area contributed by atoms with E-state index < -0.39 is 0 Å². The SMILES string of the molecule is Cc1nnc(N2CC(CN)CC2C)nc1C. The summed E-state index contributed by atoms with van der Waals surface area (Å²) in [6.45, 7) is 7.76. The molecule has 2 rings (SSSR count). The van der Waals surface area contributed by atoms with Crippen molar-refractivity contribution in [3.05, 3.63) is 11.4 Å². The van der Waals surface area contributed by atoms with Crippen LogP contribution < -0.4 is 10.6 Å². The molecule has 1 saturated heterocycles. The molecule has 2 N–H and O–H groups in total. The van der Waals surface area contributed by atoms with Gasteiger partial charge in [0, 0.05) is 12.6 Å². The molecular weight excluding hydrogens is 202 g/mol. The van der Waals surface area contributed by atoms with E-state index in [1.807, 2.05) is 13.8 Å². The van der Waals surface area contributed by atoms with Gasteiger partial charge in [-0.25, -0.2) is 4.98 Å². The quantitative estimate of drug-likeness (QED) is 0.794. The predicted molar refractivity (Wildman–Crippen MR) is 63.3 cm³/mol. The minimum atomic E-state index is 0.456. The summed E-state index contributed by atoms with van der Waals surface area (Å²) >= 11 is 0. The fraction of sp³-hybridized carbons (Fsp3) is 0.727. The van der Waals surface area contributed by atoms with E-state index in [0.717, 1.165) is 36.8 Å². The van der Waals surface area contributed by atoms with E-state index >= 15 is 0 Å². The van der Waals surface area contributed by atoms with Gasteiger partial charge in [0.2, 0.25) is 5.95 Å². The van der Waals surface area contributed by atoms with Crippen LogP contribution in [0.5, 0.6) is 0 Å². The van der Waals surface area contributed by atoms with Crippen molar-refractivity contribution in [3.63, 3.8) is 0 Å². The van der Waals surface area contributed by atoms with Gasteiger partial charge in [-0.3, -0.25) is 0 Å². The first-order valence-corrected chi connectivity index (χ1v) is 5.76. The van der Waals surface area contributed by atoms with Crippen molar-refractivity contribution in [1.82, 2.24) is 15.2 Å². The number of aryl methyl sites for hydroxylation is 2. The third-order valence-corrected chi connectivity index (χ3v) is 3.33. The number of hydrogen-bond donors (Lipinski definition) is 1. The summed E-state index contributed by atoms with van der Waals surface area (Å²) in [7, 11) is 0. The molecule has 2 unspecified atom stereocenters. The molecule has 0 radical (unpaired) electrons. The minimum absolute atomic E-state index is 0.456. The molecule has 1 aliphatic heterocycles. The number of nitrogens with zero attached hydrogens (tertiary/aromatic N) is 4. The summed E-state index contributed by atoms with van der Waals surface area (Å²) < 4.78 is 0. The van der Waals surface area contributed by atoms with Crippen molar-refractivity contribution in [2.24, 2.45) is 11.7 Å². The first-order valence-electron chi connectivity index (χ1n) is 5.76. The number of anilines is 1. The maximum Gasteiger partial charge on any atom is 0.245 e. The predicted octanol–water partition coefficient (Wildman–Crippen LogP) is 0.662. The molecule has 5 heteroatoms. The van der Waals surface area contributed by atoms with Crippen LogP contribution in [0.2, 0.25) is 0 Å². The van der Waals surface area contributed by atoms with Crippen molar-refractivity contribution in [2.75, 3.05) is 18.0 Å². The Morgan fingerprint density at radius 2 is 2.06 bits per heavy atom. The molecular formula is C11H19N5. The fourth-order valence-corrected chi connectivity index (χ4v) is 2.16. The molecule has 0 aromatic carbocycles. The third-order valence-electron chi connectivity index (χ3n) is 3.33. The summed E-state index contributed by atoms with van der Waals surface area (Å²) in [6, 6.07) is 0.456. The van der Waals surface area contributed by atoms with Crippen LogP contribution in [0, 0.1) is 19.8 Å². The van der Waals surface area contributed by atoms with Crippen LogP contribution in [0.25, 0.3) is 0 Å². The first kappa shape index (κ1) is 11.3. The lowest BCUT2D eigenvalue weighted by Crippen LogP contribution is -2.30. The van der Waals surface area contributed by atoms with Gasteiger partial charge in [0.25, 0.3) is 0 Å². The van der Waals surface area contributed by atoms with Crippen molar-refractivity contribution < 1.29 is 0 Å². The Labute approximate surface area is 96.1 Å². The number of nitrogens with two attached hydrogens (primary N) is 1. The largest absolute Gasteiger partial charge is 0.336 e. The molecule has 5 nitrogen and oxygen atoms in total. The summed E-state index contributed by atoms with van der Waals surface area (Å²) in [4.78, 5) is 6.69. The Morgan fingerprint density at radius 3 is 2.62 bits per heavy atom. The zero-order valence-corrected chi connectivity index (χ0v) is 10.1. The summed E-state index contributed by atoms with van der Waals surface area (Å²) in [6.07, 6.45) is 1.12. The Kier molecular flexibility index (Phi) is 3.05. The van der Waals surface area contributed by atoms with Gasteiger partial charge in [0.15, 0.2) is 0 Å². The van der Waals surface area contributed by atoms with Gasteiger partial charge in [-0.2, -0.15) is 5.10 Å². The van der Waals surface area contributed by atoms with Gasteiger partial charge in [0.05, 0.1) is 11.4 Å². The first-order chi connectivity index (χ1) is 7.61. The molecule has 0 bridgehead atoms. The molecule has 0 saturated carbocycles. The van der Waals surface area contributed by atoms with Crippen LogP contribution in [0.3, 0.4) is 0 Å². The molecule has 0 aliphatic carbocycles. The molecule has 1 aliphatic rings. The van der Waals surface area contributed by atoms with Crippen LogP contribution in [-0.4, -0.2) is 34.3 Å². The second-order valence-electron chi connectivity index (χ2n) is 4.62. The zero-order chi connectivity index (χ0) is 11.7. The monoisotopic (exact) mass is 221 g/mol. The average Bonchev–Trinajstić information content (AvgIpc) is 2.64. The normalized spacial score (nSPS) is 25.1. The second kappa shape index (κ2) is 4.33. The Bertz CT molecular complexity index is 379. The molecule has 88 valence electrons. The lowest BCUT2D eigenvalue weighted by atomic mass is 10.1. The number of hydrogen-bond acceptors (Lipinski definition) is 5. The van der Waals surface area contributed by atoms with E-state index in [9.17, 15) is 0 Å². The van der Waals surface area contributed by atoms with E-state index in [1.54, 1.807) is 0 Å². The topological polar surface area (TPSA) is 67.9 Å². The highest BCUT2D eigenvalue weighted by molar-refractivity contribution is 5.33. The van der Waals surface area contributed by atoms with Gasteiger partial charge in [0.1, 0.15) is 0 Å². The second-order valence-corrected chi connectivity index (χ2v) is 4.62. The zero-order valence-electron chi connectivity index (χ0n) is 10.1. The Morgan fingerprint density at radius 1 is 1.31 bits per heavy atom. The highest BCUT2D eigenvalue weighted by Crippen LogP contribution is 2.25. The van der Waals surface area contributed by atoms with E-state index in [4.69, 9.17) is 5.73 Å². The van der Waals surface area contributed by atoms with E-state index in [0.29, 0.717) is 12.0 Å². The average molecular weight is 221 g/mol. The van der Waals surface area contributed by atoms with E-state index in [2.05, 4.69) is 27.0 Å². The lowest BCUT2D eigenvalue weighted by molar-refractivity contribution is 0.579. The smallest absolute Gasteiger partial charge is 0.245 e. The van der Waals surface area contributed by atoms with Crippen LogP contribution in [0.1, 0.15) is 24.7 Å². The van der Waals surface area contributed by atoms with Crippen molar-refractivity contribution >= 4 is 5.95 Å². The summed E-state index contributed by atoms with van der Waals surface area (Å²) in [5.41, 5.74) is 7.55. The minimum Gasteiger partial charge on any atom is -0.336 e. The Balaban J connectivity index is 2.21. The van der Waals surface area contributed by atoms with Gasteiger partial charge < -0.3 is 10.6 Å². The highest BCUT2D eigenvalue weighted by Gasteiger charge is 2.30. The van der Waals surface area contributed by atoms with E-state index in [1.165, 1.54) is 0 Å². The lowest BCUT2D eigenvalue weighted by Gasteiger charge is -2.21. The highest BCUT2D eigenvalue weighted by atomic mass is 15.3. The molecule has 1 aromatic rings. The summed E-state index contributed by atoms with van der Waals surface area (Å²) in [5, 5.41) is 8.29. The fourth-order valence-electron chi connectivity index (χ4n) is 2.16. The number of aromatic nitrogens is 3. The van der Waals surface area contributed by atoms with Crippen LogP contribution in [-0.2, 0) is 0 Å². The summed E-state index contributed by atoms with van der Waals surface area (Å²) in [5.74, 6) is 1.30. The van der Waals surface area contributed by atoms with Crippen LogP contribution in [0.15, 0.2) is 0 Å². The maximum absolute atomic E-state index is 5.71. The van der Waals surface area contributed by atoms with E-state index in [-0.39, 0.29) is 0 Å². The standard InChI is InChI=1S/C11H19N5/c1-7-4-10(5-12)6-16(7)11-13-8(2)9(3)14-15-11/h7,10H,4-6,12H2,1-3H3.